The highest BCUT2D eigenvalue weighted by molar-refractivity contribution is 5.95. The van der Waals surface area contributed by atoms with Crippen molar-refractivity contribution >= 4 is 18.0 Å². The number of nitrogens with one attached hydrogen (secondary N) is 2. The highest BCUT2D eigenvalue weighted by atomic mass is 16.5. The number of rotatable bonds is 5. The number of allylic oxidation sites excluding steroid dienone is 1. The summed E-state index contributed by atoms with van der Waals surface area (Å²) in [5.41, 5.74) is 1.94. The molecule has 0 aliphatic carbocycles. The molecule has 0 saturated heterocycles. The van der Waals surface area contributed by atoms with Gasteiger partial charge >= 0.3 is 18.0 Å². The van der Waals surface area contributed by atoms with Crippen LogP contribution >= 0.6 is 0 Å². The van der Waals surface area contributed by atoms with Crippen LogP contribution in [0.1, 0.15) is 49.7 Å². The van der Waals surface area contributed by atoms with Gasteiger partial charge < -0.3 is 20.1 Å². The molecule has 2 amide bonds. The molecule has 2 N–H and O–H groups in total. The normalized spacial score (nSPS) is 17.0. The van der Waals surface area contributed by atoms with Crippen LogP contribution in [0.25, 0.3) is 0 Å². The molecule has 140 valence electrons. The molecule has 0 saturated carbocycles. The van der Waals surface area contributed by atoms with Gasteiger partial charge in [-0.1, -0.05) is 26.0 Å². The zero-order valence-corrected chi connectivity index (χ0v) is 15.6. The average Bonchev–Trinajstić information content (AvgIpc) is 2.59. The van der Waals surface area contributed by atoms with Crippen molar-refractivity contribution in [2.75, 3.05) is 7.11 Å². The van der Waals surface area contributed by atoms with Crippen LogP contribution < -0.4 is 10.6 Å². The fourth-order valence-electron chi connectivity index (χ4n) is 2.72. The molecule has 0 spiro atoms. The molecule has 1 atom stereocenters. The van der Waals surface area contributed by atoms with Crippen molar-refractivity contribution in [1.82, 2.24) is 10.6 Å². The lowest BCUT2D eigenvalue weighted by atomic mass is 9.91. The first-order chi connectivity index (χ1) is 12.2. The number of hydrogen-bond donors (Lipinski definition) is 2. The third-order valence-corrected chi connectivity index (χ3v) is 3.91. The lowest BCUT2D eigenvalue weighted by Gasteiger charge is -2.31. The third kappa shape index (κ3) is 4.22. The molecule has 7 nitrogen and oxygen atoms in total. The van der Waals surface area contributed by atoms with Crippen LogP contribution in [0.3, 0.4) is 0 Å². The summed E-state index contributed by atoms with van der Waals surface area (Å²) in [7, 11) is 1.31. The molecule has 1 aliphatic heterocycles. The number of hydrogen-bond acceptors (Lipinski definition) is 5. The monoisotopic (exact) mass is 360 g/mol. The summed E-state index contributed by atoms with van der Waals surface area (Å²) in [6, 6.07) is 5.49. The van der Waals surface area contributed by atoms with Crippen LogP contribution in [-0.2, 0) is 14.3 Å². The van der Waals surface area contributed by atoms with Crippen LogP contribution in [0.5, 0.6) is 0 Å². The first kappa shape index (κ1) is 19.5. The molecule has 1 aromatic carbocycles. The number of carbonyl (C=O) groups excluding carboxylic acids is 3. The minimum absolute atomic E-state index is 0.0763. The van der Waals surface area contributed by atoms with Crippen LogP contribution in [0, 0.1) is 5.92 Å². The Morgan fingerprint density at radius 3 is 2.15 bits per heavy atom. The molecule has 0 radical (unpaired) electrons. The van der Waals surface area contributed by atoms with Gasteiger partial charge in [0, 0.05) is 5.70 Å². The largest absolute Gasteiger partial charge is 0.465 e. The molecule has 1 aliphatic rings. The Bertz CT molecular complexity index is 735. The van der Waals surface area contributed by atoms with Gasteiger partial charge in [-0.05, 0) is 37.5 Å². The van der Waals surface area contributed by atoms with Gasteiger partial charge in [0.05, 0.1) is 30.4 Å². The van der Waals surface area contributed by atoms with E-state index >= 15 is 0 Å². The Labute approximate surface area is 152 Å². The number of methoxy groups -OCH3 is 1. The molecule has 0 fully saturated rings. The lowest BCUT2D eigenvalue weighted by Crippen LogP contribution is -2.47. The maximum Gasteiger partial charge on any atom is 0.338 e. The topological polar surface area (TPSA) is 93.7 Å². The quantitative estimate of drug-likeness (QED) is 0.788. The smallest absolute Gasteiger partial charge is 0.338 e. The second-order valence-corrected chi connectivity index (χ2v) is 6.58. The molecule has 0 aromatic heterocycles. The highest BCUT2D eigenvalue weighted by Gasteiger charge is 2.35. The number of ether oxygens (including phenoxy) is 2. The number of benzene rings is 1. The van der Waals surface area contributed by atoms with Crippen LogP contribution in [0.4, 0.5) is 4.79 Å². The van der Waals surface area contributed by atoms with Crippen molar-refractivity contribution in [1.29, 1.82) is 0 Å². The summed E-state index contributed by atoms with van der Waals surface area (Å²) in [6.07, 6.45) is -0.289. The minimum atomic E-state index is -0.668. The van der Waals surface area contributed by atoms with Gasteiger partial charge in [0.15, 0.2) is 0 Å². The summed E-state index contributed by atoms with van der Waals surface area (Å²) in [5, 5.41) is 5.47. The molecular weight excluding hydrogens is 336 g/mol. The van der Waals surface area contributed by atoms with Gasteiger partial charge in [0.25, 0.3) is 0 Å². The Balaban J connectivity index is 2.48. The fourth-order valence-corrected chi connectivity index (χ4v) is 2.72. The van der Waals surface area contributed by atoms with Gasteiger partial charge in [-0.3, -0.25) is 0 Å². The summed E-state index contributed by atoms with van der Waals surface area (Å²) in [5.74, 6) is -1.02. The standard InChI is InChI=1S/C19H24N2O5/c1-10(2)15-14(18(23)26-11(3)4)16(21-19(24)20-15)12-6-8-13(9-7-12)17(22)25-5/h6-11,16H,1-5H3,(H2,20,21,24). The molecule has 1 unspecified atom stereocenters. The molecule has 1 heterocycles. The summed E-state index contributed by atoms with van der Waals surface area (Å²) < 4.78 is 10.1. The highest BCUT2D eigenvalue weighted by Crippen LogP contribution is 2.31. The number of amides is 2. The van der Waals surface area contributed by atoms with Crippen molar-refractivity contribution in [2.24, 2.45) is 5.92 Å². The van der Waals surface area contributed by atoms with Crippen LogP contribution in [0.2, 0.25) is 0 Å². The predicted octanol–water partition coefficient (Wildman–Crippen LogP) is 2.69. The van der Waals surface area contributed by atoms with E-state index in [9.17, 15) is 14.4 Å². The van der Waals surface area contributed by atoms with E-state index in [0.29, 0.717) is 22.4 Å². The molecule has 7 heteroatoms. The molecule has 26 heavy (non-hydrogen) atoms. The minimum Gasteiger partial charge on any atom is -0.465 e. The molecule has 1 aromatic rings. The Kier molecular flexibility index (Phi) is 6.02. The van der Waals surface area contributed by atoms with Crippen molar-refractivity contribution < 1.29 is 23.9 Å². The van der Waals surface area contributed by atoms with Gasteiger partial charge in [0.2, 0.25) is 0 Å². The van der Waals surface area contributed by atoms with Crippen LogP contribution in [-0.4, -0.2) is 31.2 Å². The summed E-state index contributed by atoms with van der Waals surface area (Å²) >= 11 is 0. The van der Waals surface area contributed by atoms with Crippen molar-refractivity contribution in [2.45, 2.75) is 39.8 Å². The van der Waals surface area contributed by atoms with Crippen molar-refractivity contribution in [3.8, 4) is 0 Å². The van der Waals surface area contributed by atoms with Gasteiger partial charge in [0.1, 0.15) is 0 Å². The first-order valence-corrected chi connectivity index (χ1v) is 8.45. The Morgan fingerprint density at radius 2 is 1.65 bits per heavy atom. The van der Waals surface area contributed by atoms with Gasteiger partial charge in [-0.15, -0.1) is 0 Å². The summed E-state index contributed by atoms with van der Waals surface area (Å²) in [6.45, 7) is 7.31. The zero-order valence-electron chi connectivity index (χ0n) is 15.6. The maximum absolute atomic E-state index is 12.7. The van der Waals surface area contributed by atoms with E-state index in [1.165, 1.54) is 7.11 Å². The first-order valence-electron chi connectivity index (χ1n) is 8.45. The van der Waals surface area contributed by atoms with Gasteiger partial charge in [-0.25, -0.2) is 14.4 Å². The Morgan fingerprint density at radius 1 is 1.04 bits per heavy atom. The van der Waals surface area contributed by atoms with E-state index in [1.807, 2.05) is 13.8 Å². The van der Waals surface area contributed by atoms with E-state index in [2.05, 4.69) is 15.4 Å². The van der Waals surface area contributed by atoms with E-state index in [4.69, 9.17) is 4.74 Å². The fraction of sp³-hybridized carbons (Fsp3) is 0.421. The molecular formula is C19H24N2O5. The average molecular weight is 360 g/mol. The predicted molar refractivity (Wildman–Crippen MR) is 95.3 cm³/mol. The van der Waals surface area contributed by atoms with Gasteiger partial charge in [-0.2, -0.15) is 0 Å². The second kappa shape index (κ2) is 8.03. The summed E-state index contributed by atoms with van der Waals surface area (Å²) in [4.78, 5) is 36.4. The van der Waals surface area contributed by atoms with E-state index in [1.54, 1.807) is 38.1 Å². The number of esters is 2. The lowest BCUT2D eigenvalue weighted by molar-refractivity contribution is -0.143. The molecule has 0 bridgehead atoms. The van der Waals surface area contributed by atoms with E-state index < -0.39 is 24.0 Å². The zero-order chi connectivity index (χ0) is 19.4. The molecule has 2 rings (SSSR count). The van der Waals surface area contributed by atoms with Crippen LogP contribution in [0.15, 0.2) is 35.5 Å². The SMILES string of the molecule is COC(=O)c1ccc(C2NC(=O)NC(C(C)C)=C2C(=O)OC(C)C)cc1. The van der Waals surface area contributed by atoms with E-state index in [0.717, 1.165) is 0 Å². The second-order valence-electron chi connectivity index (χ2n) is 6.58. The number of urea groups is 1. The number of carbonyl (C=O) groups is 3. The maximum atomic E-state index is 12.7. The Hall–Kier alpha value is -2.83. The van der Waals surface area contributed by atoms with Crippen molar-refractivity contribution in [3.05, 3.63) is 46.7 Å². The third-order valence-electron chi connectivity index (χ3n) is 3.91. The van der Waals surface area contributed by atoms with E-state index in [-0.39, 0.29) is 12.0 Å². The van der Waals surface area contributed by atoms with Crippen molar-refractivity contribution in [3.63, 3.8) is 0 Å².